The number of likely N-dealkylation sites (tertiary alicyclic amines) is 2. The van der Waals surface area contributed by atoms with Gasteiger partial charge in [0.05, 0.1) is 13.2 Å². The monoisotopic (exact) mass is 449 g/mol. The highest BCUT2D eigenvalue weighted by Gasteiger charge is 2.40. The number of ether oxygens (including phenoxy) is 2. The van der Waals surface area contributed by atoms with Crippen LogP contribution in [0.25, 0.3) is 0 Å². The number of aliphatic hydroxyl groups is 2. The van der Waals surface area contributed by atoms with Crippen LogP contribution >= 0.6 is 0 Å². The smallest absolute Gasteiger partial charge is 0.216 e. The Morgan fingerprint density at radius 2 is 1.97 bits per heavy atom. The first-order valence-electron chi connectivity index (χ1n) is 11.7. The fraction of sp³-hybridized carbons (Fsp3) is 0.708. The van der Waals surface area contributed by atoms with Crippen molar-refractivity contribution in [2.75, 3.05) is 53.0 Å². The first kappa shape index (κ1) is 24.8. The summed E-state index contributed by atoms with van der Waals surface area (Å²) in [6.07, 6.45) is 1.98. The summed E-state index contributed by atoms with van der Waals surface area (Å²) in [7, 11) is 1.64. The van der Waals surface area contributed by atoms with Gasteiger partial charge >= 0.3 is 0 Å². The number of hydrogen-bond acceptors (Lipinski definition) is 7. The van der Waals surface area contributed by atoms with E-state index in [0.29, 0.717) is 38.4 Å². The molecule has 2 atom stereocenters. The van der Waals surface area contributed by atoms with Crippen LogP contribution in [-0.2, 0) is 11.3 Å². The first-order valence-corrected chi connectivity index (χ1v) is 11.7. The summed E-state index contributed by atoms with van der Waals surface area (Å²) in [6.45, 7) is 9.22. The lowest BCUT2D eigenvalue weighted by molar-refractivity contribution is -0.130. The molecule has 0 bridgehead atoms. The molecule has 0 radical (unpaired) electrons. The van der Waals surface area contributed by atoms with Crippen molar-refractivity contribution in [3.05, 3.63) is 23.8 Å². The van der Waals surface area contributed by atoms with Crippen LogP contribution in [0.2, 0.25) is 0 Å². The van der Waals surface area contributed by atoms with Crippen molar-refractivity contribution in [2.24, 2.45) is 5.92 Å². The molecule has 2 aliphatic rings. The van der Waals surface area contributed by atoms with E-state index in [-0.39, 0.29) is 12.5 Å². The minimum atomic E-state index is -1.29. The molecule has 1 amide bonds. The minimum absolute atomic E-state index is 0.0631. The van der Waals surface area contributed by atoms with E-state index >= 15 is 0 Å². The topological polar surface area (TPSA) is 94.5 Å². The third-order valence-corrected chi connectivity index (χ3v) is 6.73. The van der Waals surface area contributed by atoms with Gasteiger partial charge in [-0.2, -0.15) is 0 Å². The molecule has 1 aromatic carbocycles. The molecule has 0 unspecified atom stereocenters. The normalized spacial score (nSPS) is 25.5. The minimum Gasteiger partial charge on any atom is -0.493 e. The predicted molar refractivity (Wildman–Crippen MR) is 123 cm³/mol. The Kier molecular flexibility index (Phi) is 8.76. The number of benzene rings is 1. The fourth-order valence-electron chi connectivity index (χ4n) is 4.41. The molecule has 1 aromatic rings. The molecule has 0 spiro atoms. The predicted octanol–water partition coefficient (Wildman–Crippen LogP) is 1.24. The lowest BCUT2D eigenvalue weighted by Gasteiger charge is -2.42. The Hall–Kier alpha value is -1.87. The third-order valence-electron chi connectivity index (χ3n) is 6.73. The van der Waals surface area contributed by atoms with Gasteiger partial charge in [0.25, 0.3) is 0 Å². The number of carbonyl (C=O) groups is 1. The van der Waals surface area contributed by atoms with Gasteiger partial charge in [0.15, 0.2) is 11.5 Å². The van der Waals surface area contributed by atoms with Gasteiger partial charge in [0.1, 0.15) is 12.2 Å². The third kappa shape index (κ3) is 6.81. The molecule has 0 aromatic heterocycles. The molecule has 0 saturated carbocycles. The molecule has 180 valence electrons. The van der Waals surface area contributed by atoms with E-state index in [4.69, 9.17) is 9.47 Å². The molecular weight excluding hydrogens is 410 g/mol. The molecule has 32 heavy (non-hydrogen) atoms. The first-order chi connectivity index (χ1) is 15.3. The van der Waals surface area contributed by atoms with Gasteiger partial charge in [-0.05, 0) is 56.0 Å². The van der Waals surface area contributed by atoms with Gasteiger partial charge in [0, 0.05) is 39.6 Å². The lowest BCUT2D eigenvalue weighted by Crippen LogP contribution is -2.59. The van der Waals surface area contributed by atoms with Crippen LogP contribution in [0.15, 0.2) is 18.2 Å². The zero-order chi connectivity index (χ0) is 23.1. The second kappa shape index (κ2) is 11.3. The van der Waals surface area contributed by atoms with Crippen LogP contribution in [-0.4, -0.2) is 90.6 Å². The second-order valence-corrected chi connectivity index (χ2v) is 9.37. The standard InChI is InChI=1S/C24H39N3O5/c1-18-6-9-26(10-7-18)12-13-32-21-5-4-20(14-22(21)31-3)15-27-11-8-24(30,23(29)16-27)17-25-19(2)28/h4-5,14,18,23,29-30H,6-13,15-17H2,1-3H3,(H,25,28)/t23-,24-/m1/s1. The second-order valence-electron chi connectivity index (χ2n) is 9.37. The van der Waals surface area contributed by atoms with E-state index in [9.17, 15) is 15.0 Å². The van der Waals surface area contributed by atoms with Crippen LogP contribution in [0, 0.1) is 5.92 Å². The van der Waals surface area contributed by atoms with Gasteiger partial charge < -0.3 is 25.0 Å². The molecule has 0 aliphatic carbocycles. The van der Waals surface area contributed by atoms with Crippen LogP contribution in [0.1, 0.15) is 38.7 Å². The molecular formula is C24H39N3O5. The molecule has 8 heteroatoms. The Morgan fingerprint density at radius 3 is 2.62 bits per heavy atom. The number of aliphatic hydroxyl groups excluding tert-OH is 1. The number of methoxy groups -OCH3 is 1. The number of rotatable bonds is 9. The van der Waals surface area contributed by atoms with Gasteiger partial charge in [0.2, 0.25) is 5.91 Å². The van der Waals surface area contributed by atoms with E-state index < -0.39 is 11.7 Å². The Balaban J connectivity index is 1.49. The van der Waals surface area contributed by atoms with E-state index in [0.717, 1.165) is 36.9 Å². The summed E-state index contributed by atoms with van der Waals surface area (Å²) in [4.78, 5) is 15.7. The summed E-state index contributed by atoms with van der Waals surface area (Å²) in [5, 5.41) is 23.7. The van der Waals surface area contributed by atoms with Crippen LogP contribution in [0.5, 0.6) is 11.5 Å². The summed E-state index contributed by atoms with van der Waals surface area (Å²) in [5.74, 6) is 2.05. The van der Waals surface area contributed by atoms with E-state index in [1.165, 1.54) is 19.8 Å². The summed E-state index contributed by atoms with van der Waals surface area (Å²) in [6, 6.07) is 5.94. The van der Waals surface area contributed by atoms with Crippen molar-refractivity contribution in [3.63, 3.8) is 0 Å². The van der Waals surface area contributed by atoms with Crippen LogP contribution in [0.3, 0.4) is 0 Å². The maximum absolute atomic E-state index is 11.1. The van der Waals surface area contributed by atoms with E-state index in [1.54, 1.807) is 7.11 Å². The Labute approximate surface area is 191 Å². The molecule has 2 saturated heterocycles. The number of nitrogens with zero attached hydrogens (tertiary/aromatic N) is 2. The van der Waals surface area contributed by atoms with Gasteiger partial charge in [-0.1, -0.05) is 13.0 Å². The number of piperidine rings is 2. The highest BCUT2D eigenvalue weighted by Crippen LogP contribution is 2.30. The average Bonchev–Trinajstić information content (AvgIpc) is 2.77. The average molecular weight is 450 g/mol. The molecule has 3 rings (SSSR count). The van der Waals surface area contributed by atoms with Crippen LogP contribution in [0.4, 0.5) is 0 Å². The van der Waals surface area contributed by atoms with Crippen molar-refractivity contribution in [3.8, 4) is 11.5 Å². The van der Waals surface area contributed by atoms with Gasteiger partial charge in [-0.25, -0.2) is 0 Å². The number of carbonyl (C=O) groups excluding carboxylic acids is 1. The SMILES string of the molecule is COc1cc(CN2CC[C@@](O)(CNC(C)=O)[C@H](O)C2)ccc1OCCN1CCC(C)CC1. The van der Waals surface area contributed by atoms with Crippen molar-refractivity contribution in [1.82, 2.24) is 15.1 Å². The van der Waals surface area contributed by atoms with Gasteiger partial charge in [-0.3, -0.25) is 14.6 Å². The van der Waals surface area contributed by atoms with Crippen LogP contribution < -0.4 is 14.8 Å². The van der Waals surface area contributed by atoms with Crippen molar-refractivity contribution < 1.29 is 24.5 Å². The quantitative estimate of drug-likeness (QED) is 0.522. The molecule has 3 N–H and O–H groups in total. The number of nitrogens with one attached hydrogen (secondary N) is 1. The zero-order valence-corrected chi connectivity index (χ0v) is 19.7. The van der Waals surface area contributed by atoms with E-state index in [1.807, 2.05) is 18.2 Å². The number of amides is 1. The fourth-order valence-corrected chi connectivity index (χ4v) is 4.41. The molecule has 8 nitrogen and oxygen atoms in total. The zero-order valence-electron chi connectivity index (χ0n) is 19.7. The number of β-amino-alcohol motifs (C(OH)–C–C–N with tert-alkyl or cyclic N) is 1. The maximum atomic E-state index is 11.1. The summed E-state index contributed by atoms with van der Waals surface area (Å²) < 4.78 is 11.6. The van der Waals surface area contributed by atoms with Crippen molar-refractivity contribution >= 4 is 5.91 Å². The highest BCUT2D eigenvalue weighted by atomic mass is 16.5. The summed E-state index contributed by atoms with van der Waals surface area (Å²) in [5.41, 5.74) is -0.233. The summed E-state index contributed by atoms with van der Waals surface area (Å²) >= 11 is 0. The lowest BCUT2D eigenvalue weighted by atomic mass is 9.88. The van der Waals surface area contributed by atoms with Crippen molar-refractivity contribution in [2.45, 2.75) is 51.4 Å². The van der Waals surface area contributed by atoms with E-state index in [2.05, 4.69) is 22.0 Å². The van der Waals surface area contributed by atoms with Gasteiger partial charge in [-0.15, -0.1) is 0 Å². The Morgan fingerprint density at radius 1 is 1.22 bits per heavy atom. The molecule has 2 fully saturated rings. The largest absolute Gasteiger partial charge is 0.493 e. The number of hydrogen-bond donors (Lipinski definition) is 3. The highest BCUT2D eigenvalue weighted by molar-refractivity contribution is 5.72. The molecule has 2 heterocycles. The maximum Gasteiger partial charge on any atom is 0.216 e. The molecule has 2 aliphatic heterocycles. The Bertz CT molecular complexity index is 753. The van der Waals surface area contributed by atoms with Crippen molar-refractivity contribution in [1.29, 1.82) is 0 Å².